The Labute approximate surface area is 158 Å². The third-order valence-corrected chi connectivity index (χ3v) is 4.42. The number of nitro groups is 1. The molecule has 2 amide bonds. The lowest BCUT2D eigenvalue weighted by atomic mass is 10.0. The summed E-state index contributed by atoms with van der Waals surface area (Å²) in [6.45, 7) is 8.84. The highest BCUT2D eigenvalue weighted by Gasteiger charge is 2.28. The lowest BCUT2D eigenvalue weighted by Gasteiger charge is -2.29. The highest BCUT2D eigenvalue weighted by atomic mass is 35.5. The van der Waals surface area contributed by atoms with Gasteiger partial charge < -0.3 is 10.2 Å². The second-order valence-corrected chi connectivity index (χ2v) is 6.80. The number of halogens is 1. The molecule has 0 aliphatic rings. The summed E-state index contributed by atoms with van der Waals surface area (Å²) < 4.78 is 0. The number of hydrogen-bond donors (Lipinski definition) is 1. The van der Waals surface area contributed by atoms with Gasteiger partial charge in [-0.15, -0.1) is 0 Å². The van der Waals surface area contributed by atoms with Crippen LogP contribution in [-0.2, 0) is 4.79 Å². The van der Waals surface area contributed by atoms with Gasteiger partial charge in [0.1, 0.15) is 11.1 Å². The molecular formula is C18H26ClN3O4. The number of nitrogens with zero attached hydrogens (tertiary/aromatic N) is 2. The Morgan fingerprint density at radius 3 is 2.46 bits per heavy atom. The SMILES string of the molecule is CCCCN(CC)C(=O)C(NC(=O)c1ccc(Cl)c([N+](=O)[O-])c1)C(C)C. The van der Waals surface area contributed by atoms with E-state index >= 15 is 0 Å². The third kappa shape index (κ3) is 5.69. The maximum absolute atomic E-state index is 12.8. The maximum Gasteiger partial charge on any atom is 0.288 e. The Bertz CT molecular complexity index is 664. The molecule has 1 atom stereocenters. The summed E-state index contributed by atoms with van der Waals surface area (Å²) in [5.74, 6) is -0.805. The number of rotatable bonds is 9. The van der Waals surface area contributed by atoms with Crippen LogP contribution in [0.4, 0.5) is 5.69 Å². The Kier molecular flexibility index (Phi) is 8.51. The van der Waals surface area contributed by atoms with Gasteiger partial charge in [-0.3, -0.25) is 19.7 Å². The molecule has 1 rings (SSSR count). The topological polar surface area (TPSA) is 92.6 Å². The first-order chi connectivity index (χ1) is 12.2. The Hall–Kier alpha value is -2.15. The molecule has 8 heteroatoms. The largest absolute Gasteiger partial charge is 0.341 e. The van der Waals surface area contributed by atoms with Gasteiger partial charge in [-0.25, -0.2) is 0 Å². The van der Waals surface area contributed by atoms with E-state index in [9.17, 15) is 19.7 Å². The van der Waals surface area contributed by atoms with E-state index in [1.54, 1.807) is 4.90 Å². The van der Waals surface area contributed by atoms with Crippen LogP contribution in [-0.4, -0.2) is 40.8 Å². The van der Waals surface area contributed by atoms with Gasteiger partial charge in [-0.1, -0.05) is 38.8 Å². The zero-order chi connectivity index (χ0) is 19.9. The van der Waals surface area contributed by atoms with Crippen LogP contribution in [0, 0.1) is 16.0 Å². The van der Waals surface area contributed by atoms with Crippen molar-refractivity contribution in [1.29, 1.82) is 0 Å². The normalized spacial score (nSPS) is 11.9. The molecule has 26 heavy (non-hydrogen) atoms. The number of unbranched alkanes of at least 4 members (excludes halogenated alkanes) is 1. The summed E-state index contributed by atoms with van der Waals surface area (Å²) in [5.41, 5.74) is -0.249. The van der Waals surface area contributed by atoms with Gasteiger partial charge in [-0.05, 0) is 31.4 Å². The number of carbonyl (C=O) groups is 2. The van der Waals surface area contributed by atoms with Crippen molar-refractivity contribution in [2.45, 2.75) is 46.6 Å². The molecule has 0 aliphatic carbocycles. The minimum absolute atomic E-state index is 0.0419. The monoisotopic (exact) mass is 383 g/mol. The van der Waals surface area contributed by atoms with Gasteiger partial charge in [0.25, 0.3) is 11.6 Å². The fourth-order valence-electron chi connectivity index (χ4n) is 2.50. The molecule has 7 nitrogen and oxygen atoms in total. The van der Waals surface area contributed by atoms with Gasteiger partial charge in [0, 0.05) is 24.7 Å². The molecule has 0 aliphatic heterocycles. The Morgan fingerprint density at radius 2 is 1.96 bits per heavy atom. The number of benzene rings is 1. The second-order valence-electron chi connectivity index (χ2n) is 6.39. The van der Waals surface area contributed by atoms with Gasteiger partial charge in [-0.2, -0.15) is 0 Å². The van der Waals surface area contributed by atoms with Gasteiger partial charge in [0.2, 0.25) is 5.91 Å². The van der Waals surface area contributed by atoms with Crippen molar-refractivity contribution in [2.75, 3.05) is 13.1 Å². The van der Waals surface area contributed by atoms with Gasteiger partial charge in [0.05, 0.1) is 4.92 Å². The lowest BCUT2D eigenvalue weighted by Crippen LogP contribution is -2.51. The first-order valence-corrected chi connectivity index (χ1v) is 9.14. The van der Waals surface area contributed by atoms with Crippen molar-refractivity contribution in [2.24, 2.45) is 5.92 Å². The molecule has 0 radical (unpaired) electrons. The molecule has 0 heterocycles. The van der Waals surface area contributed by atoms with E-state index < -0.39 is 16.9 Å². The van der Waals surface area contributed by atoms with Crippen LogP contribution in [0.3, 0.4) is 0 Å². The maximum atomic E-state index is 12.8. The molecule has 0 saturated carbocycles. The fourth-order valence-corrected chi connectivity index (χ4v) is 2.69. The van der Waals surface area contributed by atoms with Crippen LogP contribution in [0.15, 0.2) is 18.2 Å². The van der Waals surface area contributed by atoms with E-state index in [0.717, 1.165) is 18.9 Å². The van der Waals surface area contributed by atoms with Gasteiger partial charge in [0.15, 0.2) is 0 Å². The van der Waals surface area contributed by atoms with Crippen molar-refractivity contribution in [3.05, 3.63) is 38.9 Å². The number of hydrogen-bond acceptors (Lipinski definition) is 4. The minimum Gasteiger partial charge on any atom is -0.341 e. The molecule has 1 N–H and O–H groups in total. The number of carbonyl (C=O) groups excluding carboxylic acids is 2. The van der Waals surface area contributed by atoms with Crippen LogP contribution >= 0.6 is 11.6 Å². The van der Waals surface area contributed by atoms with Crippen LogP contribution in [0.1, 0.15) is 50.9 Å². The average Bonchev–Trinajstić information content (AvgIpc) is 2.59. The molecule has 0 bridgehead atoms. The predicted octanol–water partition coefficient (Wildman–Crippen LogP) is 3.65. The van der Waals surface area contributed by atoms with Crippen LogP contribution in [0.2, 0.25) is 5.02 Å². The molecule has 0 saturated heterocycles. The zero-order valence-corrected chi connectivity index (χ0v) is 16.4. The van der Waals surface area contributed by atoms with Crippen LogP contribution in [0.5, 0.6) is 0 Å². The Morgan fingerprint density at radius 1 is 1.31 bits per heavy atom. The molecule has 0 fully saturated rings. The van der Waals surface area contributed by atoms with E-state index in [0.29, 0.717) is 13.1 Å². The van der Waals surface area contributed by atoms with E-state index in [2.05, 4.69) is 5.32 Å². The number of likely N-dealkylation sites (N-methyl/N-ethyl adjacent to an activating group) is 1. The van der Waals surface area contributed by atoms with Crippen molar-refractivity contribution < 1.29 is 14.5 Å². The smallest absolute Gasteiger partial charge is 0.288 e. The average molecular weight is 384 g/mol. The van der Waals surface area contributed by atoms with Crippen molar-refractivity contribution in [3.8, 4) is 0 Å². The fraction of sp³-hybridized carbons (Fsp3) is 0.556. The highest BCUT2D eigenvalue weighted by molar-refractivity contribution is 6.32. The molecular weight excluding hydrogens is 358 g/mol. The standard InChI is InChI=1S/C18H26ClN3O4/c1-5-7-10-21(6-2)18(24)16(12(3)4)20-17(23)13-8-9-14(19)15(11-13)22(25)26/h8-9,11-12,16H,5-7,10H2,1-4H3,(H,20,23). The number of nitrogens with one attached hydrogen (secondary N) is 1. The summed E-state index contributed by atoms with van der Waals surface area (Å²) in [4.78, 5) is 37.4. The molecule has 1 aromatic carbocycles. The minimum atomic E-state index is -0.700. The molecule has 1 aromatic rings. The van der Waals surface area contributed by atoms with Crippen LogP contribution in [0.25, 0.3) is 0 Å². The van der Waals surface area contributed by atoms with E-state index in [1.165, 1.54) is 12.1 Å². The quantitative estimate of drug-likeness (QED) is 0.520. The summed E-state index contributed by atoms with van der Waals surface area (Å²) in [7, 11) is 0. The lowest BCUT2D eigenvalue weighted by molar-refractivity contribution is -0.384. The highest BCUT2D eigenvalue weighted by Crippen LogP contribution is 2.25. The molecule has 144 valence electrons. The Balaban J connectivity index is 3.00. The van der Waals surface area contributed by atoms with E-state index in [1.807, 2.05) is 27.7 Å². The predicted molar refractivity (Wildman–Crippen MR) is 101 cm³/mol. The summed E-state index contributed by atoms with van der Waals surface area (Å²) in [6, 6.07) is 3.13. The molecule has 0 spiro atoms. The summed E-state index contributed by atoms with van der Waals surface area (Å²) >= 11 is 5.78. The van der Waals surface area contributed by atoms with Crippen molar-refractivity contribution in [1.82, 2.24) is 10.2 Å². The number of amides is 2. The summed E-state index contributed by atoms with van der Waals surface area (Å²) in [5, 5.41) is 13.7. The summed E-state index contributed by atoms with van der Waals surface area (Å²) in [6.07, 6.45) is 1.86. The first kappa shape index (κ1) is 21.9. The van der Waals surface area contributed by atoms with Crippen molar-refractivity contribution >= 4 is 29.1 Å². The van der Waals surface area contributed by atoms with E-state index in [4.69, 9.17) is 11.6 Å². The van der Waals surface area contributed by atoms with E-state index in [-0.39, 0.29) is 28.1 Å². The molecule has 0 aromatic heterocycles. The second kappa shape index (κ2) is 10.1. The van der Waals surface area contributed by atoms with Crippen molar-refractivity contribution in [3.63, 3.8) is 0 Å². The number of nitro benzene ring substituents is 1. The third-order valence-electron chi connectivity index (χ3n) is 4.10. The first-order valence-electron chi connectivity index (χ1n) is 8.76. The zero-order valence-electron chi connectivity index (χ0n) is 15.6. The molecule has 1 unspecified atom stereocenters. The van der Waals surface area contributed by atoms with Crippen LogP contribution < -0.4 is 5.32 Å². The van der Waals surface area contributed by atoms with Gasteiger partial charge >= 0.3 is 0 Å².